The van der Waals surface area contributed by atoms with Crippen LogP contribution in [-0.2, 0) is 0 Å². The quantitative estimate of drug-likeness (QED) is 0.511. The first-order valence-corrected chi connectivity index (χ1v) is 6.81. The second-order valence-corrected chi connectivity index (χ2v) is 5.09. The van der Waals surface area contributed by atoms with Crippen LogP contribution in [0, 0.1) is 17.5 Å². The molecule has 0 amide bonds. The molecule has 0 aliphatic rings. The average molecular weight is 299 g/mol. The molecule has 0 aliphatic heterocycles. The first-order chi connectivity index (χ1) is 9.54. The Morgan fingerprint density at radius 2 is 1.55 bits per heavy atom. The van der Waals surface area contributed by atoms with Crippen molar-refractivity contribution in [3.63, 3.8) is 0 Å². The monoisotopic (exact) mass is 298 g/mol. The van der Waals surface area contributed by atoms with E-state index in [1.165, 1.54) is 0 Å². The molecule has 2 unspecified atom stereocenters. The van der Waals surface area contributed by atoms with Gasteiger partial charge in [0.1, 0.15) is 5.82 Å². The molecular formula is C16H14ClF3. The van der Waals surface area contributed by atoms with Gasteiger partial charge in [-0.3, -0.25) is 0 Å². The summed E-state index contributed by atoms with van der Waals surface area (Å²) in [6.07, 6.45) is 0.663. The molecule has 2 rings (SSSR count). The molecule has 0 saturated heterocycles. The van der Waals surface area contributed by atoms with E-state index in [1.54, 1.807) is 0 Å². The van der Waals surface area contributed by atoms with Crippen LogP contribution in [-0.4, -0.2) is 0 Å². The molecule has 0 spiro atoms. The summed E-state index contributed by atoms with van der Waals surface area (Å²) in [6.45, 7) is 1.92. The molecule has 0 aromatic heterocycles. The molecule has 106 valence electrons. The molecule has 4 heteroatoms. The molecular weight excluding hydrogens is 285 g/mol. The molecule has 0 aliphatic carbocycles. The van der Waals surface area contributed by atoms with Crippen LogP contribution in [0.25, 0.3) is 0 Å². The third-order valence-electron chi connectivity index (χ3n) is 3.36. The van der Waals surface area contributed by atoms with Crippen LogP contribution in [0.3, 0.4) is 0 Å². The predicted molar refractivity (Wildman–Crippen MR) is 74.4 cm³/mol. The zero-order chi connectivity index (χ0) is 14.7. The summed E-state index contributed by atoms with van der Waals surface area (Å²) in [5, 5.41) is -0.752. The molecule has 2 aromatic rings. The maximum atomic E-state index is 13.8. The van der Waals surface area contributed by atoms with E-state index in [0.29, 0.717) is 12.5 Å². The zero-order valence-corrected chi connectivity index (χ0v) is 11.7. The summed E-state index contributed by atoms with van der Waals surface area (Å²) in [5.74, 6) is -3.28. The zero-order valence-electron chi connectivity index (χ0n) is 10.9. The fourth-order valence-electron chi connectivity index (χ4n) is 2.28. The van der Waals surface area contributed by atoms with Gasteiger partial charge >= 0.3 is 0 Å². The van der Waals surface area contributed by atoms with Crippen LogP contribution < -0.4 is 0 Å². The van der Waals surface area contributed by atoms with Gasteiger partial charge in [0.15, 0.2) is 11.6 Å². The van der Waals surface area contributed by atoms with E-state index in [0.717, 1.165) is 11.6 Å². The maximum Gasteiger partial charge on any atom is 0.161 e. The van der Waals surface area contributed by atoms with Crippen molar-refractivity contribution in [3.8, 4) is 0 Å². The van der Waals surface area contributed by atoms with Crippen molar-refractivity contribution in [2.45, 2.75) is 24.6 Å². The first-order valence-electron chi connectivity index (χ1n) is 6.38. The molecule has 0 heterocycles. The van der Waals surface area contributed by atoms with Crippen molar-refractivity contribution in [2.24, 2.45) is 0 Å². The van der Waals surface area contributed by atoms with Crippen LogP contribution >= 0.6 is 11.6 Å². The standard InChI is InChI=1S/C16H14ClF3/c1-2-11(10-6-4-3-5-7-10)16(17)12-8-14(19)15(20)9-13(12)18/h3-9,11,16H,2H2,1H3. The smallest absolute Gasteiger partial charge is 0.161 e. The third kappa shape index (κ3) is 2.98. The van der Waals surface area contributed by atoms with Gasteiger partial charge in [-0.05, 0) is 18.1 Å². The van der Waals surface area contributed by atoms with Crippen molar-refractivity contribution in [2.75, 3.05) is 0 Å². The van der Waals surface area contributed by atoms with E-state index in [2.05, 4.69) is 0 Å². The summed E-state index contributed by atoms with van der Waals surface area (Å²) < 4.78 is 40.1. The number of halogens is 4. The van der Waals surface area contributed by atoms with Gasteiger partial charge in [-0.2, -0.15) is 0 Å². The Bertz CT molecular complexity index is 584. The van der Waals surface area contributed by atoms with Crippen LogP contribution in [0.15, 0.2) is 42.5 Å². The minimum absolute atomic E-state index is 0.0127. The second-order valence-electron chi connectivity index (χ2n) is 4.62. The van der Waals surface area contributed by atoms with Gasteiger partial charge in [-0.25, -0.2) is 13.2 Å². The van der Waals surface area contributed by atoms with Gasteiger partial charge in [0.05, 0.1) is 5.38 Å². The minimum atomic E-state index is -1.21. The Morgan fingerprint density at radius 3 is 2.15 bits per heavy atom. The lowest BCUT2D eigenvalue weighted by Crippen LogP contribution is -2.08. The Morgan fingerprint density at radius 1 is 0.950 bits per heavy atom. The van der Waals surface area contributed by atoms with Crippen molar-refractivity contribution in [1.82, 2.24) is 0 Å². The van der Waals surface area contributed by atoms with Gasteiger partial charge in [0.25, 0.3) is 0 Å². The average Bonchev–Trinajstić information content (AvgIpc) is 2.44. The Hall–Kier alpha value is -1.48. The van der Waals surface area contributed by atoms with E-state index in [9.17, 15) is 13.2 Å². The lowest BCUT2D eigenvalue weighted by molar-refractivity contribution is 0.485. The van der Waals surface area contributed by atoms with E-state index >= 15 is 0 Å². The predicted octanol–water partition coefficient (Wildman–Crippen LogP) is 5.58. The van der Waals surface area contributed by atoms with E-state index in [-0.39, 0.29) is 11.5 Å². The summed E-state index contributed by atoms with van der Waals surface area (Å²) in [5.41, 5.74) is 0.931. The highest BCUT2D eigenvalue weighted by Gasteiger charge is 2.25. The molecule has 0 fully saturated rings. The van der Waals surface area contributed by atoms with Gasteiger partial charge in [0, 0.05) is 17.5 Å². The van der Waals surface area contributed by atoms with E-state index in [4.69, 9.17) is 11.6 Å². The maximum absolute atomic E-state index is 13.8. The summed E-state index contributed by atoms with van der Waals surface area (Å²) >= 11 is 6.31. The lowest BCUT2D eigenvalue weighted by atomic mass is 9.89. The number of hydrogen-bond donors (Lipinski definition) is 0. The molecule has 2 atom stereocenters. The van der Waals surface area contributed by atoms with E-state index in [1.807, 2.05) is 37.3 Å². The van der Waals surface area contributed by atoms with Crippen LogP contribution in [0.2, 0.25) is 0 Å². The number of alkyl halides is 1. The Balaban J connectivity index is 2.39. The number of benzene rings is 2. The lowest BCUT2D eigenvalue weighted by Gasteiger charge is -2.22. The fourth-order valence-corrected chi connectivity index (χ4v) is 2.77. The highest BCUT2D eigenvalue weighted by atomic mass is 35.5. The van der Waals surface area contributed by atoms with Gasteiger partial charge in [0.2, 0.25) is 0 Å². The second kappa shape index (κ2) is 6.31. The molecule has 0 radical (unpaired) electrons. The molecule has 0 N–H and O–H groups in total. The molecule has 2 aromatic carbocycles. The molecule has 0 saturated carbocycles. The van der Waals surface area contributed by atoms with Crippen LogP contribution in [0.4, 0.5) is 13.2 Å². The summed E-state index contributed by atoms with van der Waals surface area (Å²) in [4.78, 5) is 0. The SMILES string of the molecule is CCC(c1ccccc1)C(Cl)c1cc(F)c(F)cc1F. The Kier molecular flexibility index (Phi) is 4.71. The van der Waals surface area contributed by atoms with Crippen molar-refractivity contribution >= 4 is 11.6 Å². The third-order valence-corrected chi connectivity index (χ3v) is 3.90. The Labute approximate surface area is 121 Å². The number of hydrogen-bond acceptors (Lipinski definition) is 0. The molecule has 20 heavy (non-hydrogen) atoms. The van der Waals surface area contributed by atoms with Gasteiger partial charge in [-0.1, -0.05) is 37.3 Å². The number of rotatable bonds is 4. The summed E-state index contributed by atoms with van der Waals surface area (Å²) in [6, 6.07) is 10.8. The summed E-state index contributed by atoms with van der Waals surface area (Å²) in [7, 11) is 0. The van der Waals surface area contributed by atoms with Crippen molar-refractivity contribution in [3.05, 3.63) is 71.0 Å². The van der Waals surface area contributed by atoms with Crippen LogP contribution in [0.1, 0.15) is 35.8 Å². The largest absolute Gasteiger partial charge is 0.207 e. The minimum Gasteiger partial charge on any atom is -0.207 e. The highest BCUT2D eigenvalue weighted by molar-refractivity contribution is 6.21. The van der Waals surface area contributed by atoms with Crippen LogP contribution in [0.5, 0.6) is 0 Å². The van der Waals surface area contributed by atoms with Crippen molar-refractivity contribution in [1.29, 1.82) is 0 Å². The van der Waals surface area contributed by atoms with Crippen molar-refractivity contribution < 1.29 is 13.2 Å². The van der Waals surface area contributed by atoms with E-state index < -0.39 is 22.8 Å². The molecule has 0 nitrogen and oxygen atoms in total. The first kappa shape index (κ1) is 14.9. The normalized spacial score (nSPS) is 14.1. The van der Waals surface area contributed by atoms with Gasteiger partial charge < -0.3 is 0 Å². The van der Waals surface area contributed by atoms with Gasteiger partial charge in [-0.15, -0.1) is 11.6 Å². The fraction of sp³-hybridized carbons (Fsp3) is 0.250. The topological polar surface area (TPSA) is 0 Å². The highest BCUT2D eigenvalue weighted by Crippen LogP contribution is 2.40. The molecule has 0 bridgehead atoms.